The molecule has 0 spiro atoms. The van der Waals surface area contributed by atoms with Crippen LogP contribution in [-0.4, -0.2) is 10.7 Å². The van der Waals surface area contributed by atoms with Crippen molar-refractivity contribution in [2.75, 3.05) is 0 Å². The SMILES string of the molecule is C/C=C\[C@@H](C)[C@@]1(O)C[C@H](C)CC[C@H]1C(C)C. The van der Waals surface area contributed by atoms with E-state index in [0.29, 0.717) is 17.8 Å². The van der Waals surface area contributed by atoms with Crippen LogP contribution in [0.4, 0.5) is 0 Å². The van der Waals surface area contributed by atoms with E-state index in [1.54, 1.807) is 0 Å². The Morgan fingerprint density at radius 2 is 1.88 bits per heavy atom. The molecule has 94 valence electrons. The Kier molecular flexibility index (Phi) is 4.61. The van der Waals surface area contributed by atoms with Gasteiger partial charge in [0.25, 0.3) is 0 Å². The molecule has 0 bridgehead atoms. The van der Waals surface area contributed by atoms with Gasteiger partial charge in [-0.25, -0.2) is 0 Å². The van der Waals surface area contributed by atoms with Crippen molar-refractivity contribution >= 4 is 0 Å². The fraction of sp³-hybridized carbons (Fsp3) is 0.867. The molecule has 0 heterocycles. The Bertz CT molecular complexity index is 244. The van der Waals surface area contributed by atoms with Gasteiger partial charge in [0.1, 0.15) is 0 Å². The molecule has 0 aromatic rings. The molecule has 0 unspecified atom stereocenters. The van der Waals surface area contributed by atoms with Gasteiger partial charge < -0.3 is 5.11 Å². The second-order valence-electron chi connectivity index (χ2n) is 6.04. The van der Waals surface area contributed by atoms with E-state index in [1.165, 1.54) is 12.8 Å². The van der Waals surface area contributed by atoms with E-state index in [4.69, 9.17) is 0 Å². The Balaban J connectivity index is 2.91. The molecule has 1 saturated carbocycles. The highest BCUT2D eigenvalue weighted by molar-refractivity contribution is 5.03. The zero-order chi connectivity index (χ0) is 12.3. The van der Waals surface area contributed by atoms with E-state index in [1.807, 2.05) is 6.92 Å². The van der Waals surface area contributed by atoms with Crippen LogP contribution in [0.2, 0.25) is 0 Å². The van der Waals surface area contributed by atoms with E-state index >= 15 is 0 Å². The lowest BCUT2D eigenvalue weighted by molar-refractivity contribution is -0.105. The highest BCUT2D eigenvalue weighted by Crippen LogP contribution is 2.45. The largest absolute Gasteiger partial charge is 0.389 e. The Morgan fingerprint density at radius 1 is 1.25 bits per heavy atom. The molecule has 1 nitrogen and oxygen atoms in total. The molecule has 0 radical (unpaired) electrons. The predicted octanol–water partition coefficient (Wildman–Crippen LogP) is 4.02. The van der Waals surface area contributed by atoms with Gasteiger partial charge >= 0.3 is 0 Å². The first-order valence-corrected chi connectivity index (χ1v) is 6.77. The van der Waals surface area contributed by atoms with Crippen LogP contribution in [0.3, 0.4) is 0 Å². The summed E-state index contributed by atoms with van der Waals surface area (Å²) in [5.41, 5.74) is -0.488. The summed E-state index contributed by atoms with van der Waals surface area (Å²) in [5, 5.41) is 11.0. The van der Waals surface area contributed by atoms with Gasteiger partial charge in [0.2, 0.25) is 0 Å². The summed E-state index contributed by atoms with van der Waals surface area (Å²) in [4.78, 5) is 0. The molecule has 4 atom stereocenters. The van der Waals surface area contributed by atoms with Crippen molar-refractivity contribution in [1.82, 2.24) is 0 Å². The van der Waals surface area contributed by atoms with Gasteiger partial charge in [-0.3, -0.25) is 0 Å². The summed E-state index contributed by atoms with van der Waals surface area (Å²) in [6.07, 6.45) is 7.64. The molecule has 16 heavy (non-hydrogen) atoms. The van der Waals surface area contributed by atoms with Crippen molar-refractivity contribution < 1.29 is 5.11 Å². The lowest BCUT2D eigenvalue weighted by atomic mass is 9.62. The number of rotatable bonds is 3. The maximum absolute atomic E-state index is 11.0. The van der Waals surface area contributed by atoms with E-state index in [2.05, 4.69) is 39.8 Å². The molecule has 0 aromatic heterocycles. The first kappa shape index (κ1) is 13.8. The Labute approximate surface area is 101 Å². The molecule has 1 heteroatoms. The number of hydrogen-bond acceptors (Lipinski definition) is 1. The summed E-state index contributed by atoms with van der Waals surface area (Å²) >= 11 is 0. The fourth-order valence-corrected chi connectivity index (χ4v) is 3.42. The molecular weight excluding hydrogens is 196 g/mol. The number of allylic oxidation sites excluding steroid dienone is 1. The minimum absolute atomic E-state index is 0.271. The molecule has 1 fully saturated rings. The number of hydrogen-bond donors (Lipinski definition) is 1. The van der Waals surface area contributed by atoms with E-state index in [-0.39, 0.29) is 5.92 Å². The molecule has 0 saturated heterocycles. The maximum Gasteiger partial charge on any atom is 0.0740 e. The highest BCUT2D eigenvalue weighted by Gasteiger charge is 2.45. The monoisotopic (exact) mass is 224 g/mol. The molecule has 1 rings (SSSR count). The van der Waals surface area contributed by atoms with Crippen molar-refractivity contribution in [3.63, 3.8) is 0 Å². The molecule has 1 aliphatic rings. The second kappa shape index (κ2) is 5.35. The third kappa shape index (κ3) is 2.68. The Hall–Kier alpha value is -0.300. The normalized spacial score (nSPS) is 38.2. The first-order chi connectivity index (χ1) is 7.41. The van der Waals surface area contributed by atoms with Crippen molar-refractivity contribution in [3.8, 4) is 0 Å². The fourth-order valence-electron chi connectivity index (χ4n) is 3.42. The van der Waals surface area contributed by atoms with Crippen LogP contribution in [0.5, 0.6) is 0 Å². The van der Waals surface area contributed by atoms with Crippen molar-refractivity contribution in [3.05, 3.63) is 12.2 Å². The van der Waals surface area contributed by atoms with E-state index in [9.17, 15) is 5.11 Å². The van der Waals surface area contributed by atoms with Crippen LogP contribution >= 0.6 is 0 Å². The smallest absolute Gasteiger partial charge is 0.0740 e. The van der Waals surface area contributed by atoms with Gasteiger partial charge in [-0.2, -0.15) is 0 Å². The molecule has 0 aromatic carbocycles. The minimum Gasteiger partial charge on any atom is -0.389 e. The molecule has 1 N–H and O–H groups in total. The van der Waals surface area contributed by atoms with Crippen LogP contribution in [0.15, 0.2) is 12.2 Å². The summed E-state index contributed by atoms with van der Waals surface area (Å²) in [7, 11) is 0. The predicted molar refractivity (Wildman–Crippen MR) is 70.3 cm³/mol. The molecule has 1 aliphatic carbocycles. The minimum atomic E-state index is -0.488. The molecular formula is C15H28O. The summed E-state index contributed by atoms with van der Waals surface area (Å²) in [5.74, 6) is 1.96. The molecule has 0 amide bonds. The maximum atomic E-state index is 11.0. The van der Waals surface area contributed by atoms with Crippen LogP contribution in [0.1, 0.15) is 53.9 Å². The third-order valence-electron chi connectivity index (χ3n) is 4.36. The average molecular weight is 224 g/mol. The standard InChI is InChI=1S/C15H28O/c1-6-7-13(5)15(16)10-12(4)8-9-14(15)11(2)3/h6-7,11-14,16H,8-10H2,1-5H3/b7-6-/t12-,13-,14+,15+/m1/s1. The zero-order valence-corrected chi connectivity index (χ0v) is 11.5. The number of aliphatic hydroxyl groups is 1. The first-order valence-electron chi connectivity index (χ1n) is 6.77. The zero-order valence-electron chi connectivity index (χ0n) is 11.5. The summed E-state index contributed by atoms with van der Waals surface area (Å²) in [6, 6.07) is 0. The van der Waals surface area contributed by atoms with Gasteiger partial charge in [-0.05, 0) is 37.5 Å². The topological polar surface area (TPSA) is 20.2 Å². The average Bonchev–Trinajstić information content (AvgIpc) is 2.17. The van der Waals surface area contributed by atoms with Gasteiger partial charge in [0, 0.05) is 5.92 Å². The van der Waals surface area contributed by atoms with Crippen LogP contribution in [0, 0.1) is 23.7 Å². The second-order valence-corrected chi connectivity index (χ2v) is 6.04. The lowest BCUT2D eigenvalue weighted by Crippen LogP contribution is -2.49. The van der Waals surface area contributed by atoms with Crippen molar-refractivity contribution in [2.24, 2.45) is 23.7 Å². The van der Waals surface area contributed by atoms with Crippen LogP contribution in [-0.2, 0) is 0 Å². The van der Waals surface area contributed by atoms with Crippen LogP contribution < -0.4 is 0 Å². The van der Waals surface area contributed by atoms with Crippen molar-refractivity contribution in [2.45, 2.75) is 59.5 Å². The quantitative estimate of drug-likeness (QED) is 0.718. The summed E-state index contributed by atoms with van der Waals surface area (Å²) in [6.45, 7) is 11.0. The van der Waals surface area contributed by atoms with Gasteiger partial charge in [0.15, 0.2) is 0 Å². The third-order valence-corrected chi connectivity index (χ3v) is 4.36. The van der Waals surface area contributed by atoms with Gasteiger partial charge in [-0.1, -0.05) is 46.3 Å². The van der Waals surface area contributed by atoms with Gasteiger partial charge in [0.05, 0.1) is 5.60 Å². The Morgan fingerprint density at radius 3 is 2.38 bits per heavy atom. The summed E-state index contributed by atoms with van der Waals surface area (Å²) < 4.78 is 0. The van der Waals surface area contributed by atoms with E-state index < -0.39 is 5.60 Å². The lowest BCUT2D eigenvalue weighted by Gasteiger charge is -2.47. The van der Waals surface area contributed by atoms with E-state index in [0.717, 1.165) is 6.42 Å². The van der Waals surface area contributed by atoms with Crippen LogP contribution in [0.25, 0.3) is 0 Å². The van der Waals surface area contributed by atoms with Crippen molar-refractivity contribution in [1.29, 1.82) is 0 Å². The highest BCUT2D eigenvalue weighted by atomic mass is 16.3. The molecule has 0 aliphatic heterocycles. The van der Waals surface area contributed by atoms with Gasteiger partial charge in [-0.15, -0.1) is 0 Å².